The molecule has 0 unspecified atom stereocenters. The second kappa shape index (κ2) is 8.60. The van der Waals surface area contributed by atoms with Crippen LogP contribution in [0.2, 0.25) is 0 Å². The molecule has 0 atom stereocenters. The highest BCUT2D eigenvalue weighted by molar-refractivity contribution is 7.89. The van der Waals surface area contributed by atoms with Gasteiger partial charge in [0.1, 0.15) is 6.61 Å². The first-order valence-electron chi connectivity index (χ1n) is 8.40. The number of rotatable bonds is 7. The van der Waals surface area contributed by atoms with E-state index in [2.05, 4.69) is 9.62 Å². The molecular weight excluding hydrogens is 328 g/mol. The van der Waals surface area contributed by atoms with Gasteiger partial charge < -0.3 is 4.74 Å². The predicted octanol–water partition coefficient (Wildman–Crippen LogP) is 2.02. The van der Waals surface area contributed by atoms with E-state index >= 15 is 0 Å². The smallest absolute Gasteiger partial charge is 0.338 e. The minimum atomic E-state index is -3.62. The van der Waals surface area contributed by atoms with Gasteiger partial charge in [-0.2, -0.15) is 0 Å². The maximum atomic E-state index is 12.2. The summed E-state index contributed by atoms with van der Waals surface area (Å²) in [5.41, 5.74) is 0.250. The van der Waals surface area contributed by atoms with Gasteiger partial charge in [-0.3, -0.25) is 4.90 Å². The maximum Gasteiger partial charge on any atom is 0.338 e. The fourth-order valence-electron chi connectivity index (χ4n) is 2.70. The molecule has 134 valence electrons. The van der Waals surface area contributed by atoms with Gasteiger partial charge in [-0.15, -0.1) is 0 Å². The molecule has 1 fully saturated rings. The van der Waals surface area contributed by atoms with Crippen LogP contribution in [0.3, 0.4) is 0 Å². The van der Waals surface area contributed by atoms with Gasteiger partial charge in [-0.05, 0) is 58.0 Å². The monoisotopic (exact) mass is 354 g/mol. The number of sulfonamides is 1. The Balaban J connectivity index is 1.93. The number of nitrogens with one attached hydrogen (secondary N) is 1. The van der Waals surface area contributed by atoms with Crippen molar-refractivity contribution >= 4 is 16.0 Å². The summed E-state index contributed by atoms with van der Waals surface area (Å²) in [6.45, 7) is 6.63. The number of esters is 1. The molecule has 1 aromatic rings. The highest BCUT2D eigenvalue weighted by Gasteiger charge is 2.18. The van der Waals surface area contributed by atoms with E-state index in [1.54, 1.807) is 26.0 Å². The summed E-state index contributed by atoms with van der Waals surface area (Å²) in [5, 5.41) is 0. The van der Waals surface area contributed by atoms with Crippen molar-refractivity contribution in [3.63, 3.8) is 0 Å². The van der Waals surface area contributed by atoms with Gasteiger partial charge in [0.25, 0.3) is 0 Å². The van der Waals surface area contributed by atoms with Crippen molar-refractivity contribution in [3.05, 3.63) is 29.8 Å². The van der Waals surface area contributed by atoms with Crippen molar-refractivity contribution in [1.82, 2.24) is 9.62 Å². The number of carbonyl (C=O) groups excluding carboxylic acids is 1. The van der Waals surface area contributed by atoms with Crippen molar-refractivity contribution in [1.29, 1.82) is 0 Å². The van der Waals surface area contributed by atoms with E-state index in [0.29, 0.717) is 6.61 Å². The topological polar surface area (TPSA) is 75.7 Å². The number of carbonyl (C=O) groups is 1. The van der Waals surface area contributed by atoms with Crippen LogP contribution in [0.1, 0.15) is 43.5 Å². The molecule has 7 heteroatoms. The standard InChI is InChI=1S/C17H26N2O4S/c1-14(2)18-24(21,22)16-8-6-7-15(13-16)17(20)23-12-11-19-9-4-3-5-10-19/h6-8,13-14,18H,3-5,9-12H2,1-2H3. The molecular formula is C17H26N2O4S. The molecule has 1 aliphatic rings. The van der Waals surface area contributed by atoms with Crippen LogP contribution in [0.5, 0.6) is 0 Å². The van der Waals surface area contributed by atoms with Crippen molar-refractivity contribution < 1.29 is 17.9 Å². The lowest BCUT2D eigenvalue weighted by atomic mass is 10.1. The van der Waals surface area contributed by atoms with Crippen LogP contribution in [0.15, 0.2) is 29.2 Å². The van der Waals surface area contributed by atoms with Crippen molar-refractivity contribution in [3.8, 4) is 0 Å². The summed E-state index contributed by atoms with van der Waals surface area (Å²) >= 11 is 0. The number of likely N-dealkylation sites (tertiary alicyclic amines) is 1. The molecule has 1 heterocycles. The second-order valence-corrected chi connectivity index (χ2v) is 8.06. The van der Waals surface area contributed by atoms with E-state index in [9.17, 15) is 13.2 Å². The van der Waals surface area contributed by atoms with Crippen LogP contribution in [0.25, 0.3) is 0 Å². The number of piperidine rings is 1. The van der Waals surface area contributed by atoms with Crippen LogP contribution in [-0.4, -0.2) is 51.6 Å². The molecule has 2 rings (SSSR count). The van der Waals surface area contributed by atoms with Crippen molar-refractivity contribution in [2.24, 2.45) is 0 Å². The van der Waals surface area contributed by atoms with Gasteiger partial charge >= 0.3 is 5.97 Å². The highest BCUT2D eigenvalue weighted by Crippen LogP contribution is 2.13. The summed E-state index contributed by atoms with van der Waals surface area (Å²) in [6, 6.07) is 5.73. The number of ether oxygens (including phenoxy) is 1. The molecule has 1 saturated heterocycles. The zero-order chi connectivity index (χ0) is 17.6. The molecule has 1 aliphatic heterocycles. The fraction of sp³-hybridized carbons (Fsp3) is 0.588. The number of hydrogen-bond donors (Lipinski definition) is 1. The van der Waals surface area contributed by atoms with E-state index in [-0.39, 0.29) is 16.5 Å². The average Bonchev–Trinajstić information content (AvgIpc) is 2.55. The highest BCUT2D eigenvalue weighted by atomic mass is 32.2. The molecule has 0 aliphatic carbocycles. The van der Waals surface area contributed by atoms with Gasteiger partial charge in [0.05, 0.1) is 10.5 Å². The maximum absolute atomic E-state index is 12.2. The van der Waals surface area contributed by atoms with E-state index in [4.69, 9.17) is 4.74 Å². The van der Waals surface area contributed by atoms with Gasteiger partial charge in [0, 0.05) is 12.6 Å². The molecule has 1 aromatic carbocycles. The molecule has 0 spiro atoms. The molecule has 24 heavy (non-hydrogen) atoms. The van der Waals surface area contributed by atoms with Crippen molar-refractivity contribution in [2.45, 2.75) is 44.0 Å². The normalized spacial score (nSPS) is 16.3. The predicted molar refractivity (Wildman–Crippen MR) is 92.5 cm³/mol. The fourth-order valence-corrected chi connectivity index (χ4v) is 4.00. The quantitative estimate of drug-likeness (QED) is 0.758. The van der Waals surface area contributed by atoms with E-state index in [0.717, 1.165) is 19.6 Å². The minimum absolute atomic E-state index is 0.0710. The van der Waals surface area contributed by atoms with E-state index in [1.807, 2.05) is 0 Å². The average molecular weight is 354 g/mol. The van der Waals surface area contributed by atoms with Gasteiger partial charge in [-0.25, -0.2) is 17.9 Å². The lowest BCUT2D eigenvalue weighted by Crippen LogP contribution is -2.33. The lowest BCUT2D eigenvalue weighted by Gasteiger charge is -2.25. The molecule has 1 N–H and O–H groups in total. The first kappa shape index (κ1) is 18.9. The Morgan fingerprint density at radius 1 is 1.25 bits per heavy atom. The van der Waals surface area contributed by atoms with Crippen LogP contribution < -0.4 is 4.72 Å². The van der Waals surface area contributed by atoms with Gasteiger partial charge in [0.2, 0.25) is 10.0 Å². The third-order valence-electron chi connectivity index (χ3n) is 3.86. The van der Waals surface area contributed by atoms with E-state index < -0.39 is 16.0 Å². The SMILES string of the molecule is CC(C)NS(=O)(=O)c1cccc(C(=O)OCCN2CCCCC2)c1. The lowest BCUT2D eigenvalue weighted by molar-refractivity contribution is 0.0452. The van der Waals surface area contributed by atoms with Crippen LogP contribution in [0, 0.1) is 0 Å². The molecule has 0 bridgehead atoms. The van der Waals surface area contributed by atoms with Crippen LogP contribution >= 0.6 is 0 Å². The van der Waals surface area contributed by atoms with E-state index in [1.165, 1.54) is 31.4 Å². The summed E-state index contributed by atoms with van der Waals surface area (Å²) in [4.78, 5) is 14.5. The largest absolute Gasteiger partial charge is 0.461 e. The Hall–Kier alpha value is -1.44. The third-order valence-corrected chi connectivity index (χ3v) is 5.52. The first-order valence-corrected chi connectivity index (χ1v) is 9.89. The number of benzene rings is 1. The van der Waals surface area contributed by atoms with Gasteiger partial charge in [-0.1, -0.05) is 12.5 Å². The van der Waals surface area contributed by atoms with Gasteiger partial charge in [0.15, 0.2) is 0 Å². The third kappa shape index (κ3) is 5.58. The molecule has 6 nitrogen and oxygen atoms in total. The van der Waals surface area contributed by atoms with Crippen LogP contribution in [0.4, 0.5) is 0 Å². The zero-order valence-corrected chi connectivity index (χ0v) is 15.1. The summed E-state index contributed by atoms with van der Waals surface area (Å²) in [7, 11) is -3.62. The Labute approximate surface area is 144 Å². The Morgan fingerprint density at radius 2 is 1.96 bits per heavy atom. The first-order chi connectivity index (χ1) is 11.4. The molecule has 0 amide bonds. The Kier molecular flexibility index (Phi) is 6.77. The number of hydrogen-bond acceptors (Lipinski definition) is 5. The molecule has 0 saturated carbocycles. The zero-order valence-electron chi connectivity index (χ0n) is 14.3. The summed E-state index contributed by atoms with van der Waals surface area (Å²) in [6.07, 6.45) is 3.65. The Bertz CT molecular complexity index is 652. The summed E-state index contributed by atoms with van der Waals surface area (Å²) < 4.78 is 32.1. The molecule has 0 aromatic heterocycles. The van der Waals surface area contributed by atoms with Crippen LogP contribution in [-0.2, 0) is 14.8 Å². The second-order valence-electron chi connectivity index (χ2n) is 6.34. The molecule has 0 radical (unpaired) electrons. The Morgan fingerprint density at radius 3 is 2.62 bits per heavy atom. The summed E-state index contributed by atoms with van der Waals surface area (Å²) in [5.74, 6) is -0.492. The minimum Gasteiger partial charge on any atom is -0.461 e. The van der Waals surface area contributed by atoms with Crippen molar-refractivity contribution in [2.75, 3.05) is 26.2 Å². The number of nitrogens with zero attached hydrogens (tertiary/aromatic N) is 1.